The highest BCUT2D eigenvalue weighted by molar-refractivity contribution is 5.79. The van der Waals surface area contributed by atoms with Gasteiger partial charge in [-0.05, 0) is 39.0 Å². The van der Waals surface area contributed by atoms with Crippen LogP contribution in [0.1, 0.15) is 46.0 Å². The van der Waals surface area contributed by atoms with Gasteiger partial charge in [0.05, 0.1) is 5.41 Å². The minimum atomic E-state index is -0.741. The van der Waals surface area contributed by atoms with Crippen molar-refractivity contribution in [3.05, 3.63) is 0 Å². The van der Waals surface area contributed by atoms with Crippen molar-refractivity contribution in [1.29, 1.82) is 0 Å². The molecule has 0 bridgehead atoms. The molecule has 1 aliphatic rings. The minimum Gasteiger partial charge on any atom is -0.481 e. The molecular formula is C11H18O3. The van der Waals surface area contributed by atoms with Crippen molar-refractivity contribution < 1.29 is 14.7 Å². The lowest BCUT2D eigenvalue weighted by Gasteiger charge is -2.28. The molecule has 1 rings (SSSR count). The van der Waals surface area contributed by atoms with Crippen LogP contribution in [0.4, 0.5) is 0 Å². The molecule has 0 aromatic heterocycles. The second kappa shape index (κ2) is 4.11. The SMILES string of the molecule is CC(C)(CC1CCC(=O)CC1)C(=O)O. The fraction of sp³-hybridized carbons (Fsp3) is 0.818. The smallest absolute Gasteiger partial charge is 0.309 e. The molecule has 3 heteroatoms. The first kappa shape index (κ1) is 11.2. The van der Waals surface area contributed by atoms with Gasteiger partial charge in [0.25, 0.3) is 0 Å². The zero-order valence-corrected chi connectivity index (χ0v) is 8.88. The summed E-state index contributed by atoms with van der Waals surface area (Å²) in [5.41, 5.74) is -0.648. The molecule has 1 aliphatic carbocycles. The van der Waals surface area contributed by atoms with Gasteiger partial charge in [0, 0.05) is 12.8 Å². The summed E-state index contributed by atoms with van der Waals surface area (Å²) in [5, 5.41) is 8.96. The van der Waals surface area contributed by atoms with E-state index >= 15 is 0 Å². The Balaban J connectivity index is 2.45. The van der Waals surface area contributed by atoms with Gasteiger partial charge >= 0.3 is 5.97 Å². The first-order chi connectivity index (χ1) is 6.42. The van der Waals surface area contributed by atoms with E-state index in [0.717, 1.165) is 12.8 Å². The summed E-state index contributed by atoms with van der Waals surface area (Å²) in [7, 11) is 0. The van der Waals surface area contributed by atoms with E-state index in [1.807, 2.05) is 0 Å². The number of carboxylic acids is 1. The quantitative estimate of drug-likeness (QED) is 0.756. The van der Waals surface area contributed by atoms with Crippen molar-refractivity contribution in [2.75, 3.05) is 0 Å². The lowest BCUT2D eigenvalue weighted by Crippen LogP contribution is -2.28. The number of hydrogen-bond acceptors (Lipinski definition) is 2. The molecule has 1 N–H and O–H groups in total. The number of rotatable bonds is 3. The standard InChI is InChI=1S/C11H18O3/c1-11(2,10(13)14)7-8-3-5-9(12)6-4-8/h8H,3-7H2,1-2H3,(H,13,14). The molecular weight excluding hydrogens is 180 g/mol. The maximum absolute atomic E-state index is 11.0. The summed E-state index contributed by atoms with van der Waals surface area (Å²) in [4.78, 5) is 21.9. The average molecular weight is 198 g/mol. The van der Waals surface area contributed by atoms with Crippen LogP contribution in [-0.2, 0) is 9.59 Å². The Hall–Kier alpha value is -0.860. The minimum absolute atomic E-state index is 0.328. The van der Waals surface area contributed by atoms with Crippen LogP contribution in [-0.4, -0.2) is 16.9 Å². The van der Waals surface area contributed by atoms with Gasteiger partial charge in [0.15, 0.2) is 0 Å². The number of ketones is 1. The molecule has 80 valence electrons. The van der Waals surface area contributed by atoms with E-state index < -0.39 is 11.4 Å². The Morgan fingerprint density at radius 2 is 1.93 bits per heavy atom. The predicted molar refractivity (Wildman–Crippen MR) is 53.0 cm³/mol. The molecule has 1 saturated carbocycles. The van der Waals surface area contributed by atoms with Gasteiger partial charge in [0.1, 0.15) is 5.78 Å². The number of Topliss-reactive ketones (excluding diaryl/α,β-unsaturated/α-hetero) is 1. The van der Waals surface area contributed by atoms with Crippen LogP contribution in [0.2, 0.25) is 0 Å². The van der Waals surface area contributed by atoms with E-state index in [2.05, 4.69) is 0 Å². The maximum atomic E-state index is 11.0. The molecule has 0 aromatic rings. The second-order valence-electron chi connectivity index (χ2n) is 4.88. The van der Waals surface area contributed by atoms with Crippen molar-refractivity contribution in [2.24, 2.45) is 11.3 Å². The summed E-state index contributed by atoms with van der Waals surface area (Å²) in [6, 6.07) is 0. The van der Waals surface area contributed by atoms with Gasteiger partial charge < -0.3 is 5.11 Å². The monoisotopic (exact) mass is 198 g/mol. The van der Waals surface area contributed by atoms with Crippen LogP contribution in [0.5, 0.6) is 0 Å². The normalized spacial score (nSPS) is 19.7. The average Bonchev–Trinajstić information content (AvgIpc) is 2.08. The summed E-state index contributed by atoms with van der Waals surface area (Å²) >= 11 is 0. The van der Waals surface area contributed by atoms with Crippen molar-refractivity contribution in [3.8, 4) is 0 Å². The lowest BCUT2D eigenvalue weighted by molar-refractivity contribution is -0.148. The van der Waals surface area contributed by atoms with E-state index in [4.69, 9.17) is 5.11 Å². The Bertz CT molecular complexity index is 233. The number of carbonyl (C=O) groups excluding carboxylic acids is 1. The molecule has 0 spiro atoms. The third-order valence-corrected chi connectivity index (χ3v) is 3.04. The Labute approximate surface area is 84.5 Å². The van der Waals surface area contributed by atoms with Crippen LogP contribution in [0.15, 0.2) is 0 Å². The largest absolute Gasteiger partial charge is 0.481 e. The molecule has 0 saturated heterocycles. The Morgan fingerprint density at radius 3 is 2.36 bits per heavy atom. The fourth-order valence-electron chi connectivity index (χ4n) is 2.01. The zero-order chi connectivity index (χ0) is 10.8. The van der Waals surface area contributed by atoms with Crippen LogP contribution < -0.4 is 0 Å². The number of hydrogen-bond donors (Lipinski definition) is 1. The summed E-state index contributed by atoms with van der Waals surface area (Å²) < 4.78 is 0. The highest BCUT2D eigenvalue weighted by Gasteiger charge is 2.32. The van der Waals surface area contributed by atoms with Gasteiger partial charge in [-0.25, -0.2) is 0 Å². The molecule has 0 atom stereocenters. The first-order valence-corrected chi connectivity index (χ1v) is 5.17. The van der Waals surface area contributed by atoms with E-state index in [1.54, 1.807) is 13.8 Å². The third-order valence-electron chi connectivity index (χ3n) is 3.04. The van der Waals surface area contributed by atoms with Crippen LogP contribution >= 0.6 is 0 Å². The Morgan fingerprint density at radius 1 is 1.43 bits per heavy atom. The van der Waals surface area contributed by atoms with Crippen molar-refractivity contribution in [2.45, 2.75) is 46.0 Å². The molecule has 0 amide bonds. The van der Waals surface area contributed by atoms with Crippen LogP contribution in [0.25, 0.3) is 0 Å². The highest BCUT2D eigenvalue weighted by atomic mass is 16.4. The molecule has 1 fully saturated rings. The molecule has 0 heterocycles. The lowest BCUT2D eigenvalue weighted by atomic mass is 9.76. The summed E-state index contributed by atoms with van der Waals surface area (Å²) in [5.74, 6) is 0.00239. The predicted octanol–water partition coefficient (Wildman–Crippen LogP) is 2.25. The van der Waals surface area contributed by atoms with Crippen LogP contribution in [0.3, 0.4) is 0 Å². The highest BCUT2D eigenvalue weighted by Crippen LogP contribution is 2.33. The number of carboxylic acid groups (broad SMARTS) is 1. The van der Waals surface area contributed by atoms with E-state index in [1.165, 1.54) is 0 Å². The van der Waals surface area contributed by atoms with E-state index in [-0.39, 0.29) is 0 Å². The van der Waals surface area contributed by atoms with Gasteiger partial charge in [-0.2, -0.15) is 0 Å². The topological polar surface area (TPSA) is 54.4 Å². The van der Waals surface area contributed by atoms with Gasteiger partial charge in [-0.1, -0.05) is 0 Å². The third kappa shape index (κ3) is 2.82. The van der Waals surface area contributed by atoms with Crippen LogP contribution in [0, 0.1) is 11.3 Å². The summed E-state index contributed by atoms with van der Waals surface area (Å²) in [6.07, 6.45) is 3.71. The second-order valence-corrected chi connectivity index (χ2v) is 4.88. The maximum Gasteiger partial charge on any atom is 0.309 e. The fourth-order valence-corrected chi connectivity index (χ4v) is 2.01. The van der Waals surface area contributed by atoms with Crippen molar-refractivity contribution >= 4 is 11.8 Å². The van der Waals surface area contributed by atoms with Gasteiger partial charge in [-0.15, -0.1) is 0 Å². The Kier molecular flexibility index (Phi) is 3.29. The molecule has 0 aliphatic heterocycles. The molecule has 0 radical (unpaired) electrons. The first-order valence-electron chi connectivity index (χ1n) is 5.17. The summed E-state index contributed by atoms with van der Waals surface area (Å²) in [6.45, 7) is 3.51. The van der Waals surface area contributed by atoms with Gasteiger partial charge in [-0.3, -0.25) is 9.59 Å². The molecule has 0 unspecified atom stereocenters. The van der Waals surface area contributed by atoms with E-state index in [9.17, 15) is 9.59 Å². The van der Waals surface area contributed by atoms with Gasteiger partial charge in [0.2, 0.25) is 0 Å². The number of carbonyl (C=O) groups is 2. The van der Waals surface area contributed by atoms with E-state index in [0.29, 0.717) is 31.0 Å². The van der Waals surface area contributed by atoms with Crippen molar-refractivity contribution in [3.63, 3.8) is 0 Å². The molecule has 3 nitrogen and oxygen atoms in total. The molecule has 14 heavy (non-hydrogen) atoms. The number of aliphatic carboxylic acids is 1. The molecule has 0 aromatic carbocycles. The van der Waals surface area contributed by atoms with Crippen molar-refractivity contribution in [1.82, 2.24) is 0 Å². The zero-order valence-electron chi connectivity index (χ0n) is 8.88.